The summed E-state index contributed by atoms with van der Waals surface area (Å²) >= 11 is 0. The van der Waals surface area contributed by atoms with Crippen LogP contribution in [0, 0.1) is 0 Å². The van der Waals surface area contributed by atoms with Gasteiger partial charge in [-0.3, -0.25) is 4.79 Å². The number of rotatable bonds is 2. The molecule has 0 spiro atoms. The van der Waals surface area contributed by atoms with Gasteiger partial charge in [0.05, 0.1) is 0 Å². The van der Waals surface area contributed by atoms with E-state index in [2.05, 4.69) is 10.6 Å². The van der Waals surface area contributed by atoms with Gasteiger partial charge >= 0.3 is 0 Å². The molecule has 15 heavy (non-hydrogen) atoms. The Balaban J connectivity index is 1.73. The Morgan fingerprint density at radius 2 is 1.73 bits per heavy atom. The molecule has 1 amide bonds. The first-order chi connectivity index (χ1) is 7.34. The number of nitrogens with one attached hydrogen (secondary N) is 2. The van der Waals surface area contributed by atoms with Gasteiger partial charge in [-0.05, 0) is 19.3 Å². The van der Waals surface area contributed by atoms with Gasteiger partial charge in [-0.15, -0.1) is 0 Å². The lowest BCUT2D eigenvalue weighted by molar-refractivity contribution is -0.122. The van der Waals surface area contributed by atoms with Crippen LogP contribution in [-0.2, 0) is 4.79 Å². The Hall–Kier alpha value is -0.570. The first-order valence-corrected chi connectivity index (χ1v) is 6.37. The molecule has 0 aromatic rings. The van der Waals surface area contributed by atoms with E-state index in [-0.39, 0.29) is 5.91 Å². The maximum absolute atomic E-state index is 11.0. The van der Waals surface area contributed by atoms with E-state index in [1.165, 1.54) is 38.5 Å². The van der Waals surface area contributed by atoms with Crippen LogP contribution >= 0.6 is 0 Å². The third-order valence-corrected chi connectivity index (χ3v) is 3.59. The largest absolute Gasteiger partial charge is 0.355 e. The summed E-state index contributed by atoms with van der Waals surface area (Å²) in [5.41, 5.74) is 0. The van der Waals surface area contributed by atoms with Crippen LogP contribution in [0.5, 0.6) is 0 Å². The van der Waals surface area contributed by atoms with E-state index < -0.39 is 0 Å². The quantitative estimate of drug-likeness (QED) is 0.679. The standard InChI is InChI=1S/C12H22N2O/c15-12-8-7-11(9-13-12)14-10-5-3-1-2-4-6-10/h10-11,14H,1-9H2,(H,13,15). The van der Waals surface area contributed by atoms with Gasteiger partial charge in [-0.2, -0.15) is 0 Å². The minimum Gasteiger partial charge on any atom is -0.355 e. The Kier molecular flexibility index (Phi) is 4.01. The van der Waals surface area contributed by atoms with Crippen LogP contribution in [0.3, 0.4) is 0 Å². The van der Waals surface area contributed by atoms with E-state index in [1.807, 2.05) is 0 Å². The molecule has 0 aromatic heterocycles. The van der Waals surface area contributed by atoms with Crippen LogP contribution in [0.1, 0.15) is 51.4 Å². The molecule has 1 aliphatic heterocycles. The van der Waals surface area contributed by atoms with E-state index >= 15 is 0 Å². The average Bonchev–Trinajstić information content (AvgIpc) is 2.50. The van der Waals surface area contributed by atoms with Crippen molar-refractivity contribution in [2.75, 3.05) is 6.54 Å². The molecular weight excluding hydrogens is 188 g/mol. The highest BCUT2D eigenvalue weighted by Gasteiger charge is 2.21. The second-order valence-corrected chi connectivity index (χ2v) is 4.89. The summed E-state index contributed by atoms with van der Waals surface area (Å²) < 4.78 is 0. The molecule has 1 saturated carbocycles. The fourth-order valence-electron chi connectivity index (χ4n) is 2.65. The average molecular weight is 210 g/mol. The highest BCUT2D eigenvalue weighted by atomic mass is 16.1. The fraction of sp³-hybridized carbons (Fsp3) is 0.917. The third-order valence-electron chi connectivity index (χ3n) is 3.59. The molecule has 2 fully saturated rings. The van der Waals surface area contributed by atoms with Crippen molar-refractivity contribution >= 4 is 5.91 Å². The maximum atomic E-state index is 11.0. The molecule has 0 radical (unpaired) electrons. The predicted octanol–water partition coefficient (Wildman–Crippen LogP) is 1.58. The Morgan fingerprint density at radius 3 is 2.33 bits per heavy atom. The molecule has 1 unspecified atom stereocenters. The van der Waals surface area contributed by atoms with Gasteiger partial charge < -0.3 is 10.6 Å². The molecule has 2 aliphatic rings. The number of carbonyl (C=O) groups is 1. The van der Waals surface area contributed by atoms with Gasteiger partial charge in [0.25, 0.3) is 0 Å². The Morgan fingerprint density at radius 1 is 1.00 bits per heavy atom. The zero-order valence-corrected chi connectivity index (χ0v) is 9.43. The van der Waals surface area contributed by atoms with Crippen molar-refractivity contribution in [2.45, 2.75) is 63.5 Å². The van der Waals surface area contributed by atoms with Crippen molar-refractivity contribution in [3.05, 3.63) is 0 Å². The monoisotopic (exact) mass is 210 g/mol. The van der Waals surface area contributed by atoms with Gasteiger partial charge in [-0.25, -0.2) is 0 Å². The molecule has 2 N–H and O–H groups in total. The van der Waals surface area contributed by atoms with E-state index in [0.29, 0.717) is 18.5 Å². The summed E-state index contributed by atoms with van der Waals surface area (Å²) in [6.07, 6.45) is 9.91. The molecule has 0 bridgehead atoms. The van der Waals surface area contributed by atoms with Crippen molar-refractivity contribution in [3.63, 3.8) is 0 Å². The number of amides is 1. The molecule has 86 valence electrons. The first-order valence-electron chi connectivity index (χ1n) is 6.37. The highest BCUT2D eigenvalue weighted by molar-refractivity contribution is 5.76. The summed E-state index contributed by atoms with van der Waals surface area (Å²) in [7, 11) is 0. The summed E-state index contributed by atoms with van der Waals surface area (Å²) in [5, 5.41) is 6.64. The van der Waals surface area contributed by atoms with Crippen LogP contribution in [0.25, 0.3) is 0 Å². The molecule has 2 rings (SSSR count). The number of hydrogen-bond acceptors (Lipinski definition) is 2. The lowest BCUT2D eigenvalue weighted by Gasteiger charge is -2.28. The Labute approximate surface area is 92.0 Å². The normalized spacial score (nSPS) is 29.6. The second kappa shape index (κ2) is 5.50. The minimum absolute atomic E-state index is 0.217. The predicted molar refractivity (Wildman–Crippen MR) is 60.7 cm³/mol. The van der Waals surface area contributed by atoms with Gasteiger partial charge in [0, 0.05) is 25.0 Å². The van der Waals surface area contributed by atoms with E-state index in [9.17, 15) is 4.79 Å². The lowest BCUT2D eigenvalue weighted by atomic mass is 10.0. The molecule has 1 atom stereocenters. The topological polar surface area (TPSA) is 41.1 Å². The van der Waals surface area contributed by atoms with Crippen LogP contribution in [0.2, 0.25) is 0 Å². The van der Waals surface area contributed by atoms with Crippen LogP contribution in [-0.4, -0.2) is 24.5 Å². The summed E-state index contributed by atoms with van der Waals surface area (Å²) in [6.45, 7) is 0.829. The summed E-state index contributed by atoms with van der Waals surface area (Å²) in [4.78, 5) is 11.0. The van der Waals surface area contributed by atoms with Crippen molar-refractivity contribution in [1.82, 2.24) is 10.6 Å². The second-order valence-electron chi connectivity index (χ2n) is 4.89. The van der Waals surface area contributed by atoms with E-state index in [1.54, 1.807) is 0 Å². The van der Waals surface area contributed by atoms with Gasteiger partial charge in [0.2, 0.25) is 5.91 Å². The van der Waals surface area contributed by atoms with E-state index in [4.69, 9.17) is 0 Å². The van der Waals surface area contributed by atoms with Crippen molar-refractivity contribution in [2.24, 2.45) is 0 Å². The van der Waals surface area contributed by atoms with Crippen molar-refractivity contribution < 1.29 is 4.79 Å². The molecular formula is C12H22N2O. The molecule has 3 nitrogen and oxygen atoms in total. The molecule has 1 saturated heterocycles. The van der Waals surface area contributed by atoms with Gasteiger partial charge in [0.1, 0.15) is 0 Å². The number of carbonyl (C=O) groups excluding carboxylic acids is 1. The van der Waals surface area contributed by atoms with Crippen molar-refractivity contribution in [3.8, 4) is 0 Å². The maximum Gasteiger partial charge on any atom is 0.220 e. The molecule has 3 heteroatoms. The minimum atomic E-state index is 0.217. The smallest absolute Gasteiger partial charge is 0.220 e. The third kappa shape index (κ3) is 3.49. The molecule has 1 heterocycles. The summed E-state index contributed by atoms with van der Waals surface area (Å²) in [6, 6.07) is 1.22. The van der Waals surface area contributed by atoms with Crippen molar-refractivity contribution in [1.29, 1.82) is 0 Å². The molecule has 0 aromatic carbocycles. The fourth-order valence-corrected chi connectivity index (χ4v) is 2.65. The van der Waals surface area contributed by atoms with Crippen LogP contribution in [0.4, 0.5) is 0 Å². The number of hydrogen-bond donors (Lipinski definition) is 2. The zero-order valence-electron chi connectivity index (χ0n) is 9.43. The molecule has 1 aliphatic carbocycles. The highest BCUT2D eigenvalue weighted by Crippen LogP contribution is 2.18. The lowest BCUT2D eigenvalue weighted by Crippen LogP contribution is -2.49. The number of piperidine rings is 1. The summed E-state index contributed by atoms with van der Waals surface area (Å²) in [5.74, 6) is 0.217. The van der Waals surface area contributed by atoms with Gasteiger partial charge in [-0.1, -0.05) is 25.7 Å². The van der Waals surface area contributed by atoms with Gasteiger partial charge in [0.15, 0.2) is 0 Å². The first kappa shape index (κ1) is 10.9. The zero-order chi connectivity index (χ0) is 10.5. The SMILES string of the molecule is O=C1CCC(NC2CCCCCC2)CN1. The Bertz CT molecular complexity index is 200. The van der Waals surface area contributed by atoms with Crippen LogP contribution < -0.4 is 10.6 Å². The van der Waals surface area contributed by atoms with Crippen LogP contribution in [0.15, 0.2) is 0 Å². The van der Waals surface area contributed by atoms with E-state index in [0.717, 1.165) is 13.0 Å².